The summed E-state index contributed by atoms with van der Waals surface area (Å²) in [6.45, 7) is 2.50. The fourth-order valence-corrected chi connectivity index (χ4v) is 2.63. The molecule has 1 aliphatic rings. The molecule has 0 spiro atoms. The molecule has 4 nitrogen and oxygen atoms in total. The van der Waals surface area contributed by atoms with Gasteiger partial charge in [0.15, 0.2) is 0 Å². The Labute approximate surface area is 118 Å². The second-order valence-corrected chi connectivity index (χ2v) is 5.25. The van der Waals surface area contributed by atoms with Crippen LogP contribution in [0, 0.1) is 6.92 Å². The number of likely N-dealkylation sites (N-methyl/N-ethyl adjacent to an activating group) is 1. The quantitative estimate of drug-likeness (QED) is 0.931. The summed E-state index contributed by atoms with van der Waals surface area (Å²) in [5.41, 5.74) is 2.84. The first-order chi connectivity index (χ1) is 9.65. The highest BCUT2D eigenvalue weighted by Crippen LogP contribution is 2.28. The van der Waals surface area contributed by atoms with Crippen LogP contribution in [-0.4, -0.2) is 35.5 Å². The normalized spacial score (nSPS) is 16.6. The number of benzene rings is 1. The molecule has 0 bridgehead atoms. The smallest absolute Gasteiger partial charge is 0.255 e. The molecule has 1 aromatic carbocycles. The number of H-pyrrole nitrogens is 1. The van der Waals surface area contributed by atoms with Gasteiger partial charge in [-0.1, -0.05) is 18.2 Å². The van der Waals surface area contributed by atoms with E-state index in [1.54, 1.807) is 11.1 Å². The van der Waals surface area contributed by atoms with E-state index in [0.29, 0.717) is 6.54 Å². The van der Waals surface area contributed by atoms with Crippen molar-refractivity contribution in [2.24, 2.45) is 0 Å². The van der Waals surface area contributed by atoms with E-state index in [4.69, 9.17) is 4.74 Å². The van der Waals surface area contributed by atoms with Crippen LogP contribution in [0.5, 0.6) is 5.75 Å². The van der Waals surface area contributed by atoms with Crippen LogP contribution in [0.3, 0.4) is 0 Å². The molecule has 104 valence electrons. The third-order valence-electron chi connectivity index (χ3n) is 3.72. The van der Waals surface area contributed by atoms with Crippen LogP contribution >= 0.6 is 0 Å². The van der Waals surface area contributed by atoms with Gasteiger partial charge in [-0.05, 0) is 24.6 Å². The molecule has 0 aliphatic carbocycles. The third kappa shape index (κ3) is 2.29. The number of rotatable bonds is 3. The SMILES string of the molecule is Cc1[nH]ccc1C(=O)N(C)CC1Cc2ccccc2O1. The van der Waals surface area contributed by atoms with Crippen molar-refractivity contribution in [1.82, 2.24) is 9.88 Å². The largest absolute Gasteiger partial charge is 0.488 e. The lowest BCUT2D eigenvalue weighted by Crippen LogP contribution is -2.36. The zero-order valence-corrected chi connectivity index (χ0v) is 11.7. The highest BCUT2D eigenvalue weighted by molar-refractivity contribution is 5.95. The lowest BCUT2D eigenvalue weighted by molar-refractivity contribution is 0.0730. The van der Waals surface area contributed by atoms with Crippen LogP contribution in [0.1, 0.15) is 21.6 Å². The Bertz CT molecular complexity index is 608. The van der Waals surface area contributed by atoms with Crippen LogP contribution in [0.2, 0.25) is 0 Å². The topological polar surface area (TPSA) is 45.3 Å². The molecular weight excluding hydrogens is 252 g/mol. The maximum atomic E-state index is 12.3. The zero-order chi connectivity index (χ0) is 14.1. The number of fused-ring (bicyclic) bond motifs is 1. The minimum atomic E-state index is 0.0308. The summed E-state index contributed by atoms with van der Waals surface area (Å²) in [7, 11) is 1.82. The first kappa shape index (κ1) is 12.8. The molecule has 20 heavy (non-hydrogen) atoms. The van der Waals surface area contributed by atoms with Crippen molar-refractivity contribution in [2.75, 3.05) is 13.6 Å². The van der Waals surface area contributed by atoms with Gasteiger partial charge in [-0.25, -0.2) is 0 Å². The number of ether oxygens (including phenoxy) is 1. The van der Waals surface area contributed by atoms with Gasteiger partial charge in [-0.3, -0.25) is 4.79 Å². The minimum Gasteiger partial charge on any atom is -0.488 e. The number of carbonyl (C=O) groups excluding carboxylic acids is 1. The van der Waals surface area contributed by atoms with Gasteiger partial charge in [0.25, 0.3) is 5.91 Å². The summed E-state index contributed by atoms with van der Waals surface area (Å²) in [6.07, 6.45) is 2.69. The number of hydrogen-bond donors (Lipinski definition) is 1. The molecule has 2 heterocycles. The highest BCUT2D eigenvalue weighted by Gasteiger charge is 2.25. The van der Waals surface area contributed by atoms with Crippen LogP contribution in [0.25, 0.3) is 0 Å². The van der Waals surface area contributed by atoms with E-state index in [0.717, 1.165) is 23.4 Å². The molecule has 1 N–H and O–H groups in total. The Hall–Kier alpha value is -2.23. The molecule has 3 rings (SSSR count). The molecule has 4 heteroatoms. The van der Waals surface area contributed by atoms with E-state index < -0.39 is 0 Å². The number of aryl methyl sites for hydroxylation is 1. The van der Waals surface area contributed by atoms with E-state index in [2.05, 4.69) is 11.1 Å². The lowest BCUT2D eigenvalue weighted by atomic mass is 10.1. The summed E-state index contributed by atoms with van der Waals surface area (Å²) < 4.78 is 5.87. The predicted molar refractivity (Wildman–Crippen MR) is 77.1 cm³/mol. The summed E-state index contributed by atoms with van der Waals surface area (Å²) >= 11 is 0. The molecule has 1 atom stereocenters. The molecule has 1 unspecified atom stereocenters. The number of para-hydroxylation sites is 1. The molecule has 1 amide bonds. The van der Waals surface area contributed by atoms with Crippen LogP contribution < -0.4 is 4.74 Å². The van der Waals surface area contributed by atoms with Gasteiger partial charge in [0.1, 0.15) is 11.9 Å². The van der Waals surface area contributed by atoms with Crippen molar-refractivity contribution < 1.29 is 9.53 Å². The van der Waals surface area contributed by atoms with Crippen molar-refractivity contribution in [3.63, 3.8) is 0 Å². The fraction of sp³-hybridized carbons (Fsp3) is 0.312. The van der Waals surface area contributed by atoms with Crippen LogP contribution in [-0.2, 0) is 6.42 Å². The monoisotopic (exact) mass is 270 g/mol. The van der Waals surface area contributed by atoms with Crippen molar-refractivity contribution in [3.8, 4) is 5.75 Å². The number of nitrogens with zero attached hydrogens (tertiary/aromatic N) is 1. The molecule has 0 fully saturated rings. The van der Waals surface area contributed by atoms with E-state index in [-0.39, 0.29) is 12.0 Å². The van der Waals surface area contributed by atoms with Crippen molar-refractivity contribution >= 4 is 5.91 Å². The average molecular weight is 270 g/mol. The summed E-state index contributed by atoms with van der Waals surface area (Å²) in [6, 6.07) is 9.86. The van der Waals surface area contributed by atoms with E-state index in [9.17, 15) is 4.79 Å². The Morgan fingerprint density at radius 2 is 2.20 bits per heavy atom. The van der Waals surface area contributed by atoms with Gasteiger partial charge in [0.05, 0.1) is 12.1 Å². The number of hydrogen-bond acceptors (Lipinski definition) is 2. The lowest BCUT2D eigenvalue weighted by Gasteiger charge is -2.21. The van der Waals surface area contributed by atoms with Crippen molar-refractivity contribution in [3.05, 3.63) is 53.3 Å². The maximum absolute atomic E-state index is 12.3. The van der Waals surface area contributed by atoms with E-state index >= 15 is 0 Å². The first-order valence-electron chi connectivity index (χ1n) is 6.79. The minimum absolute atomic E-state index is 0.0308. The van der Waals surface area contributed by atoms with Gasteiger partial charge < -0.3 is 14.6 Å². The Morgan fingerprint density at radius 1 is 1.40 bits per heavy atom. The Balaban J connectivity index is 1.65. The van der Waals surface area contributed by atoms with Crippen molar-refractivity contribution in [2.45, 2.75) is 19.4 Å². The Morgan fingerprint density at radius 3 is 2.90 bits per heavy atom. The zero-order valence-electron chi connectivity index (χ0n) is 11.7. The fourth-order valence-electron chi connectivity index (χ4n) is 2.63. The van der Waals surface area contributed by atoms with E-state index in [1.165, 1.54) is 5.56 Å². The molecule has 0 saturated heterocycles. The summed E-state index contributed by atoms with van der Waals surface area (Å²) in [5.74, 6) is 0.972. The van der Waals surface area contributed by atoms with Gasteiger partial charge in [0, 0.05) is 25.4 Å². The van der Waals surface area contributed by atoms with Crippen LogP contribution in [0.15, 0.2) is 36.5 Å². The number of amides is 1. The number of aromatic amines is 1. The van der Waals surface area contributed by atoms with Crippen molar-refractivity contribution in [1.29, 1.82) is 0 Å². The number of nitrogens with one attached hydrogen (secondary N) is 1. The highest BCUT2D eigenvalue weighted by atomic mass is 16.5. The van der Waals surface area contributed by atoms with Gasteiger partial charge in [-0.15, -0.1) is 0 Å². The third-order valence-corrected chi connectivity index (χ3v) is 3.72. The summed E-state index contributed by atoms with van der Waals surface area (Å²) in [5, 5.41) is 0. The second-order valence-electron chi connectivity index (χ2n) is 5.25. The Kier molecular flexibility index (Phi) is 3.22. The standard InChI is InChI=1S/C16H18N2O2/c1-11-14(7-8-17-11)16(19)18(2)10-13-9-12-5-3-4-6-15(12)20-13/h3-8,13,17H,9-10H2,1-2H3. The number of carbonyl (C=O) groups is 1. The van der Waals surface area contributed by atoms with Gasteiger partial charge in [-0.2, -0.15) is 0 Å². The second kappa shape index (κ2) is 5.04. The molecule has 2 aromatic rings. The molecular formula is C16H18N2O2. The first-order valence-corrected chi connectivity index (χ1v) is 6.79. The number of aromatic nitrogens is 1. The summed E-state index contributed by atoms with van der Waals surface area (Å²) in [4.78, 5) is 17.1. The molecule has 0 saturated carbocycles. The molecule has 1 aliphatic heterocycles. The molecule has 0 radical (unpaired) electrons. The van der Waals surface area contributed by atoms with Gasteiger partial charge >= 0.3 is 0 Å². The maximum Gasteiger partial charge on any atom is 0.255 e. The molecule has 1 aromatic heterocycles. The average Bonchev–Trinajstić information content (AvgIpc) is 3.03. The predicted octanol–water partition coefficient (Wildman–Crippen LogP) is 2.40. The van der Waals surface area contributed by atoms with E-state index in [1.807, 2.05) is 38.2 Å². The van der Waals surface area contributed by atoms with Gasteiger partial charge in [0.2, 0.25) is 0 Å². The van der Waals surface area contributed by atoms with Crippen LogP contribution in [0.4, 0.5) is 0 Å².